The summed E-state index contributed by atoms with van der Waals surface area (Å²) >= 11 is 3.62. The van der Waals surface area contributed by atoms with Gasteiger partial charge in [-0.05, 0) is 113 Å². The van der Waals surface area contributed by atoms with Crippen LogP contribution in [0.3, 0.4) is 0 Å². The summed E-state index contributed by atoms with van der Waals surface area (Å²) < 4.78 is 18.5. The van der Waals surface area contributed by atoms with E-state index in [1.807, 2.05) is 60.0 Å². The van der Waals surface area contributed by atoms with Crippen molar-refractivity contribution in [1.29, 1.82) is 0 Å². The highest BCUT2D eigenvalue weighted by Gasteiger charge is 2.57. The molecular weight excluding hydrogens is 716 g/mol. The van der Waals surface area contributed by atoms with Gasteiger partial charge in [0.05, 0.1) is 35.2 Å². The Balaban J connectivity index is 1.30. The summed E-state index contributed by atoms with van der Waals surface area (Å²) in [6, 6.07) is 17.2. The Morgan fingerprint density at radius 1 is 1.15 bits per heavy atom. The molecule has 0 radical (unpaired) electrons. The van der Waals surface area contributed by atoms with Gasteiger partial charge in [-0.15, -0.1) is 11.3 Å². The Morgan fingerprint density at radius 2 is 1.96 bits per heavy atom. The molecule has 8 nitrogen and oxygen atoms in total. The van der Waals surface area contributed by atoms with E-state index >= 15 is 0 Å². The molecule has 6 rings (SSSR count). The van der Waals surface area contributed by atoms with Crippen LogP contribution in [0, 0.1) is 21.3 Å². The highest BCUT2D eigenvalue weighted by atomic mass is 127. The minimum Gasteiger partial charge on any atom is -0.504 e. The third-order valence-electron chi connectivity index (χ3n) is 9.27. The van der Waals surface area contributed by atoms with Gasteiger partial charge in [-0.3, -0.25) is 14.5 Å². The van der Waals surface area contributed by atoms with Gasteiger partial charge >= 0.3 is 7.12 Å². The maximum Gasteiger partial charge on any atom is 0.455 e. The predicted octanol–water partition coefficient (Wildman–Crippen LogP) is 6.72. The lowest BCUT2D eigenvalue weighted by atomic mass is 9.58. The molecule has 2 fully saturated rings. The fourth-order valence-corrected chi connectivity index (χ4v) is 8.42. The number of carbonyl (C=O) groups excluding carboxylic acids is 2. The number of para-hydroxylation sites is 1. The number of allylic oxidation sites excluding steroid dienone is 1. The number of hydrogen-bond acceptors (Lipinski definition) is 8. The molecule has 0 saturated carbocycles. The van der Waals surface area contributed by atoms with Crippen LogP contribution in [0.4, 0.5) is 0 Å². The van der Waals surface area contributed by atoms with Crippen molar-refractivity contribution < 1.29 is 33.8 Å². The molecule has 3 aliphatic rings. The highest BCUT2D eigenvalue weighted by Crippen LogP contribution is 2.51. The van der Waals surface area contributed by atoms with Crippen molar-refractivity contribution in [1.82, 2.24) is 4.90 Å². The molecule has 2 amide bonds. The SMILES string of the molecule is CC/C(=C\c1cc(I)c(O)c(OC)c1)CC[C@H]1OB(O)C[C@H]2C1=C(COc1ccccc1)C[C@H]1C(=O)N(Cc3cccs3)C(=O)[C@H]12. The van der Waals surface area contributed by atoms with Gasteiger partial charge in [-0.2, -0.15) is 0 Å². The van der Waals surface area contributed by atoms with Gasteiger partial charge in [0.1, 0.15) is 12.4 Å². The fourth-order valence-electron chi connectivity index (χ4n) is 7.10. The largest absolute Gasteiger partial charge is 0.504 e. The molecular formula is C35H37BINO7S. The Hall–Kier alpha value is -3.13. The van der Waals surface area contributed by atoms with Crippen molar-refractivity contribution >= 4 is 58.9 Å². The summed E-state index contributed by atoms with van der Waals surface area (Å²) in [6.07, 6.45) is 4.46. The van der Waals surface area contributed by atoms with Crippen LogP contribution in [-0.4, -0.2) is 53.8 Å². The summed E-state index contributed by atoms with van der Waals surface area (Å²) in [5, 5.41) is 23.2. The van der Waals surface area contributed by atoms with E-state index < -0.39 is 25.1 Å². The van der Waals surface area contributed by atoms with Crippen LogP contribution in [-0.2, 0) is 20.8 Å². The van der Waals surface area contributed by atoms with Gasteiger partial charge in [-0.25, -0.2) is 0 Å². The monoisotopic (exact) mass is 753 g/mol. The van der Waals surface area contributed by atoms with Gasteiger partial charge in [0.25, 0.3) is 0 Å². The Morgan fingerprint density at radius 3 is 2.67 bits per heavy atom. The number of imide groups is 1. The predicted molar refractivity (Wildman–Crippen MR) is 186 cm³/mol. The molecule has 2 aromatic carbocycles. The summed E-state index contributed by atoms with van der Waals surface area (Å²) in [5.41, 5.74) is 4.08. The van der Waals surface area contributed by atoms with Gasteiger partial charge < -0.3 is 24.3 Å². The summed E-state index contributed by atoms with van der Waals surface area (Å²) in [5.74, 6) is -0.371. The van der Waals surface area contributed by atoms with Crippen molar-refractivity contribution in [2.75, 3.05) is 13.7 Å². The number of likely N-dealkylation sites (tertiary alicyclic amines) is 1. The molecule has 0 unspecified atom stereocenters. The number of fused-ring (bicyclic) bond motifs is 3. The van der Waals surface area contributed by atoms with Crippen LogP contribution in [0.25, 0.3) is 6.08 Å². The third-order valence-corrected chi connectivity index (χ3v) is 11.0. The number of ether oxygens (including phenoxy) is 2. The lowest BCUT2D eigenvalue weighted by molar-refractivity contribution is -0.140. The topological polar surface area (TPSA) is 106 Å². The minimum absolute atomic E-state index is 0.121. The first kappa shape index (κ1) is 32.8. The number of nitrogens with zero attached hydrogens (tertiary/aromatic N) is 1. The van der Waals surface area contributed by atoms with E-state index in [0.717, 1.165) is 33.8 Å². The molecule has 1 aliphatic carbocycles. The molecule has 0 bridgehead atoms. The first-order valence-corrected chi connectivity index (χ1v) is 17.6. The molecule has 1 aromatic heterocycles. The van der Waals surface area contributed by atoms with Crippen molar-refractivity contribution in [2.24, 2.45) is 17.8 Å². The zero-order valence-corrected chi connectivity index (χ0v) is 28.8. The number of rotatable bonds is 11. The molecule has 11 heteroatoms. The maximum absolute atomic E-state index is 13.9. The third kappa shape index (κ3) is 6.78. The Labute approximate surface area is 287 Å². The van der Waals surface area contributed by atoms with Gasteiger partial charge in [0.2, 0.25) is 11.8 Å². The smallest absolute Gasteiger partial charge is 0.455 e. The molecule has 4 atom stereocenters. The summed E-state index contributed by atoms with van der Waals surface area (Å²) in [4.78, 5) is 30.1. The van der Waals surface area contributed by atoms with E-state index in [-0.39, 0.29) is 43.0 Å². The summed E-state index contributed by atoms with van der Waals surface area (Å²) in [7, 11) is 0.493. The van der Waals surface area contributed by atoms with Crippen molar-refractivity contribution in [3.8, 4) is 17.2 Å². The van der Waals surface area contributed by atoms with E-state index in [4.69, 9.17) is 14.1 Å². The van der Waals surface area contributed by atoms with Crippen molar-refractivity contribution in [3.05, 3.63) is 90.7 Å². The average Bonchev–Trinajstić information content (AvgIpc) is 3.66. The van der Waals surface area contributed by atoms with Crippen molar-refractivity contribution in [2.45, 2.75) is 51.6 Å². The second-order valence-corrected chi connectivity index (χ2v) is 14.2. The summed E-state index contributed by atoms with van der Waals surface area (Å²) in [6.45, 7) is 2.65. The zero-order chi connectivity index (χ0) is 32.4. The molecule has 3 aromatic rings. The molecule has 2 aliphatic heterocycles. The highest BCUT2D eigenvalue weighted by molar-refractivity contribution is 14.1. The molecule has 2 N–H and O–H groups in total. The number of phenols is 1. The van der Waals surface area contributed by atoms with E-state index in [1.54, 1.807) is 0 Å². The van der Waals surface area contributed by atoms with Crippen LogP contribution < -0.4 is 9.47 Å². The van der Waals surface area contributed by atoms with Crippen LogP contribution in [0.15, 0.2) is 76.7 Å². The molecule has 46 heavy (non-hydrogen) atoms. The number of hydrogen-bond donors (Lipinski definition) is 2. The normalized spacial score (nSPS) is 23.1. The number of amides is 2. The van der Waals surface area contributed by atoms with Gasteiger partial charge in [-0.1, -0.05) is 42.8 Å². The average molecular weight is 753 g/mol. The number of thiophene rings is 1. The van der Waals surface area contributed by atoms with Crippen LogP contribution in [0.5, 0.6) is 17.2 Å². The molecule has 0 spiro atoms. The van der Waals surface area contributed by atoms with E-state index in [1.165, 1.54) is 28.9 Å². The quantitative estimate of drug-likeness (QED) is 0.0971. The number of phenolic OH excluding ortho intramolecular Hbond substituents is 1. The Kier molecular flexibility index (Phi) is 10.2. The van der Waals surface area contributed by atoms with Gasteiger partial charge in [0, 0.05) is 4.88 Å². The van der Waals surface area contributed by atoms with Crippen molar-refractivity contribution in [3.63, 3.8) is 0 Å². The number of benzene rings is 2. The lowest BCUT2D eigenvalue weighted by Crippen LogP contribution is -2.46. The molecule has 2 saturated heterocycles. The van der Waals surface area contributed by atoms with Gasteiger partial charge in [0.15, 0.2) is 11.5 Å². The lowest BCUT2D eigenvalue weighted by Gasteiger charge is -2.43. The van der Waals surface area contributed by atoms with E-state index in [0.29, 0.717) is 28.6 Å². The van der Waals surface area contributed by atoms with E-state index in [9.17, 15) is 19.7 Å². The first-order valence-electron chi connectivity index (χ1n) is 15.6. The number of aromatic hydroxyl groups is 1. The number of methoxy groups -OCH3 is 1. The molecule has 240 valence electrons. The standard InChI is InChI=1S/C35H37BINO7S/c1-3-21(14-22-15-28(37)33(39)30(16-22)43-2)11-12-29-31-23(20-44-24-8-5-4-6-9-24)17-26-32(27(31)18-36(42)45-29)35(41)38(34(26)40)19-25-10-7-13-46-25/h4-10,13-16,26-27,29,32,39,42H,3,11-12,17-20H2,1-2H3/b21-14+/t26-,27+,29-,32-/m1/s1. The van der Waals surface area contributed by atoms with Crippen LogP contribution in [0.2, 0.25) is 6.32 Å². The van der Waals surface area contributed by atoms with Crippen LogP contribution in [0.1, 0.15) is 43.0 Å². The Bertz CT molecular complexity index is 1640. The number of halogens is 1. The van der Waals surface area contributed by atoms with E-state index in [2.05, 4.69) is 35.6 Å². The zero-order valence-electron chi connectivity index (χ0n) is 25.9. The second-order valence-electron chi connectivity index (χ2n) is 12.0. The minimum atomic E-state index is -1.04. The fraction of sp³-hybridized carbons (Fsp3) is 0.371. The maximum atomic E-state index is 13.9. The second kappa shape index (κ2) is 14.3. The van der Waals surface area contributed by atoms with Crippen LogP contribution >= 0.6 is 33.9 Å². The molecule has 3 heterocycles. The first-order chi connectivity index (χ1) is 22.3. The number of carbonyl (C=O) groups is 2.